The van der Waals surface area contributed by atoms with Gasteiger partial charge in [0.1, 0.15) is 28.8 Å². The first-order valence-electron chi connectivity index (χ1n) is 19.6. The molecule has 0 aromatic heterocycles. The number of carboxylic acid groups (broad SMARTS) is 1. The third-order valence-corrected chi connectivity index (χ3v) is 10.7. The van der Waals surface area contributed by atoms with Gasteiger partial charge in [0.2, 0.25) is 5.79 Å². The Morgan fingerprint density at radius 2 is 1.65 bits per heavy atom. The maximum absolute atomic E-state index is 14.3. The number of carboxylic acids is 1. The fraction of sp³-hybridized carbons (Fsp3) is 0.429. The van der Waals surface area contributed by atoms with Crippen LogP contribution in [0.2, 0.25) is 5.02 Å². The van der Waals surface area contributed by atoms with Gasteiger partial charge < -0.3 is 43.9 Å². The first-order chi connectivity index (χ1) is 29.5. The molecule has 0 bridgehead atoms. The lowest BCUT2D eigenvalue weighted by Gasteiger charge is -2.43. The van der Waals surface area contributed by atoms with Crippen molar-refractivity contribution in [2.24, 2.45) is 0 Å². The molecule has 2 heterocycles. The van der Waals surface area contributed by atoms with Crippen molar-refractivity contribution in [3.8, 4) is 23.0 Å². The third-order valence-electron chi connectivity index (χ3n) is 9.76. The van der Waals surface area contributed by atoms with Gasteiger partial charge in [0, 0.05) is 50.9 Å². The summed E-state index contributed by atoms with van der Waals surface area (Å²) in [7, 11) is 0.517. The predicted molar refractivity (Wildman–Crippen MR) is 230 cm³/mol. The molecular weight excluding hydrogens is 870 g/mol. The molecule has 1 atom stereocenters. The molecular formula is C42H53ClFN4O14P. The van der Waals surface area contributed by atoms with Crippen LogP contribution in [-0.4, -0.2) is 89.9 Å². The zero-order chi connectivity index (χ0) is 46.9. The number of hydrogen-bond donors (Lipinski definition) is 5. The third kappa shape index (κ3) is 14.1. The molecule has 18 nitrogen and oxygen atoms in total. The number of urea groups is 1. The highest BCUT2D eigenvalue weighted by Crippen LogP contribution is 2.46. The second kappa shape index (κ2) is 21.4. The fourth-order valence-corrected chi connectivity index (χ4v) is 7.27. The Morgan fingerprint density at radius 1 is 1.02 bits per heavy atom. The first-order valence-corrected chi connectivity index (χ1v) is 21.8. The fourth-order valence-electron chi connectivity index (χ4n) is 6.68. The van der Waals surface area contributed by atoms with E-state index in [0.29, 0.717) is 27.7 Å². The van der Waals surface area contributed by atoms with E-state index in [1.807, 2.05) is 25.1 Å². The van der Waals surface area contributed by atoms with Crippen LogP contribution in [0.1, 0.15) is 72.3 Å². The second-order valence-electron chi connectivity index (χ2n) is 15.6. The molecule has 344 valence electrons. The number of carbonyl (C=O) groups excluding carboxylic acids is 3. The lowest BCUT2D eigenvalue weighted by molar-refractivity contribution is -0.172. The Bertz CT molecular complexity index is 2230. The van der Waals surface area contributed by atoms with Crippen molar-refractivity contribution >= 4 is 54.6 Å². The van der Waals surface area contributed by atoms with E-state index < -0.39 is 50.0 Å². The lowest BCUT2D eigenvalue weighted by Crippen LogP contribution is -2.45. The molecule has 2 fully saturated rings. The van der Waals surface area contributed by atoms with Gasteiger partial charge in [-0.15, -0.1) is 0 Å². The normalized spacial score (nSPS) is 17.8. The first kappa shape index (κ1) is 50.4. The number of cyclic esters (lactones) is 1. The van der Waals surface area contributed by atoms with Gasteiger partial charge in [0.15, 0.2) is 5.76 Å². The molecule has 1 saturated heterocycles. The highest BCUT2D eigenvalue weighted by Gasteiger charge is 2.43. The summed E-state index contributed by atoms with van der Waals surface area (Å²) in [6.07, 6.45) is 3.16. The molecule has 4 amide bonds. The molecule has 3 aliphatic rings. The van der Waals surface area contributed by atoms with Gasteiger partial charge >= 0.3 is 31.6 Å². The molecule has 21 heteroatoms. The quantitative estimate of drug-likeness (QED) is 0.0653. The number of anilines is 2. The van der Waals surface area contributed by atoms with Gasteiger partial charge in [0.05, 0.1) is 36.8 Å². The number of nitrogens with one attached hydrogen (secondary N) is 2. The van der Waals surface area contributed by atoms with E-state index in [1.54, 1.807) is 45.2 Å². The minimum absolute atomic E-state index is 0.00962. The van der Waals surface area contributed by atoms with Crippen LogP contribution in [0.3, 0.4) is 0 Å². The smallest absolute Gasteiger partial charge is 0.427 e. The molecule has 1 unspecified atom stereocenters. The highest BCUT2D eigenvalue weighted by molar-refractivity contribution is 7.51. The topological polar surface area (TPSA) is 232 Å². The minimum atomic E-state index is -4.10. The Hall–Kier alpha value is -5.27. The predicted octanol–water partition coefficient (Wildman–Crippen LogP) is 8.30. The minimum Gasteiger partial charge on any atom is -0.489 e. The van der Waals surface area contributed by atoms with E-state index in [0.717, 1.165) is 54.5 Å². The van der Waals surface area contributed by atoms with Gasteiger partial charge in [-0.25, -0.2) is 23.9 Å². The summed E-state index contributed by atoms with van der Waals surface area (Å²) in [5.41, 5.74) is 2.00. The second-order valence-corrected chi connectivity index (χ2v) is 17.7. The van der Waals surface area contributed by atoms with Gasteiger partial charge in [-0.3, -0.25) is 24.3 Å². The summed E-state index contributed by atoms with van der Waals surface area (Å²) in [5.74, 6) is -1.08. The van der Waals surface area contributed by atoms with Gasteiger partial charge in [0.25, 0.3) is 0 Å². The van der Waals surface area contributed by atoms with Gasteiger partial charge in [-0.05, 0) is 86.9 Å². The zero-order valence-corrected chi connectivity index (χ0v) is 37.8. The Balaban J connectivity index is 0.000000231. The van der Waals surface area contributed by atoms with E-state index in [2.05, 4.69) is 24.5 Å². The number of allylic oxidation sites excluding steroid dienone is 1. The maximum Gasteiger partial charge on any atom is 0.427 e. The summed E-state index contributed by atoms with van der Waals surface area (Å²) in [6, 6.07) is 14.9. The van der Waals surface area contributed by atoms with Crippen molar-refractivity contribution < 1.29 is 71.5 Å². The van der Waals surface area contributed by atoms with Crippen LogP contribution in [0, 0.1) is 5.82 Å². The van der Waals surface area contributed by atoms with Crippen LogP contribution in [0.15, 0.2) is 65.9 Å². The monoisotopic (exact) mass is 922 g/mol. The van der Waals surface area contributed by atoms with Crippen LogP contribution >= 0.6 is 19.2 Å². The molecule has 6 rings (SSSR count). The SMILES string of the molecule is CC(C)=C1OC(=O)N(c2cc(OC3CCCC3)c(Cl)cc2F)C1=O.CON(C)C(=O)Nc1ccc(Oc2ccc3c(c2)OC(C)(OC)CC3(C)C)cc1.O=C(O)CNCP(=O)(O)O. The molecule has 1 saturated carbocycles. The average Bonchev–Trinajstić information content (AvgIpc) is 3.82. The van der Waals surface area contributed by atoms with Crippen molar-refractivity contribution in [1.82, 2.24) is 10.4 Å². The number of amides is 4. The van der Waals surface area contributed by atoms with Crippen molar-refractivity contribution in [2.75, 3.05) is 44.3 Å². The van der Waals surface area contributed by atoms with Crippen molar-refractivity contribution in [3.63, 3.8) is 0 Å². The number of methoxy groups -OCH3 is 1. The number of ether oxygens (including phenoxy) is 5. The molecule has 0 spiro atoms. The van der Waals surface area contributed by atoms with Crippen LogP contribution in [0.25, 0.3) is 0 Å². The summed E-state index contributed by atoms with van der Waals surface area (Å²) in [4.78, 5) is 67.8. The standard InChI is InChI=1S/C22H28N2O5.C17H17ClFNO4.C3H8NO5P/c1-21(2)14-22(3,26-5)29-19-13-17(11-12-18(19)21)28-16-9-7-15(8-10-16)23-20(25)24(4)27-6;1-9(2)15-16(21)20(17(22)24-15)13-8-14(11(18)7-12(13)19)23-10-5-3-4-6-10;5-3(6)1-4-2-10(7,8)9/h7-13H,14H2,1-6H3,(H,23,25);7-8,10H,3-6H2,1-2H3;4H,1-2H2,(H,5,6)(H2,7,8,9). The summed E-state index contributed by atoms with van der Waals surface area (Å²) < 4.78 is 52.8. The summed E-state index contributed by atoms with van der Waals surface area (Å²) >= 11 is 6.04. The number of benzene rings is 3. The maximum atomic E-state index is 14.3. The molecule has 1 aliphatic carbocycles. The summed E-state index contributed by atoms with van der Waals surface area (Å²) in [6.45, 7) is 9.14. The number of carbonyl (C=O) groups is 4. The van der Waals surface area contributed by atoms with Crippen molar-refractivity contribution in [2.45, 2.75) is 84.0 Å². The number of hydrogen-bond acceptors (Lipinski definition) is 12. The van der Waals surface area contributed by atoms with E-state index in [4.69, 9.17) is 55.0 Å². The van der Waals surface area contributed by atoms with E-state index >= 15 is 0 Å². The van der Waals surface area contributed by atoms with Gasteiger partial charge in [-0.1, -0.05) is 31.5 Å². The average molecular weight is 923 g/mol. The number of nitrogens with zero attached hydrogens (tertiary/aromatic N) is 2. The number of aliphatic carboxylic acids is 1. The molecule has 63 heavy (non-hydrogen) atoms. The molecule has 3 aromatic carbocycles. The molecule has 0 radical (unpaired) electrons. The van der Waals surface area contributed by atoms with Crippen LogP contribution in [0.4, 0.5) is 25.4 Å². The zero-order valence-electron chi connectivity index (χ0n) is 36.2. The molecule has 3 aromatic rings. The van der Waals surface area contributed by atoms with Crippen molar-refractivity contribution in [3.05, 3.63) is 82.3 Å². The number of imide groups is 1. The van der Waals surface area contributed by atoms with E-state index in [9.17, 15) is 28.1 Å². The Morgan fingerprint density at radius 3 is 2.21 bits per heavy atom. The van der Waals surface area contributed by atoms with E-state index in [-0.39, 0.29) is 39.8 Å². The van der Waals surface area contributed by atoms with Crippen LogP contribution in [0.5, 0.6) is 23.0 Å². The largest absolute Gasteiger partial charge is 0.489 e. The number of halogens is 2. The molecule has 5 N–H and O–H groups in total. The van der Waals surface area contributed by atoms with Crippen LogP contribution < -0.4 is 29.7 Å². The molecule has 2 aliphatic heterocycles. The Kier molecular flexibility index (Phi) is 17.1. The Labute approximate surface area is 369 Å². The number of hydroxylamine groups is 2. The van der Waals surface area contributed by atoms with E-state index in [1.165, 1.54) is 20.2 Å². The number of rotatable bonds is 12. The number of fused-ring (bicyclic) bond motifs is 1. The lowest BCUT2D eigenvalue weighted by atomic mass is 9.76. The van der Waals surface area contributed by atoms with Gasteiger partial charge in [-0.2, -0.15) is 0 Å². The van der Waals surface area contributed by atoms with Crippen LogP contribution in [-0.2, 0) is 33.9 Å². The van der Waals surface area contributed by atoms with Crippen molar-refractivity contribution in [1.29, 1.82) is 0 Å². The summed E-state index contributed by atoms with van der Waals surface area (Å²) in [5, 5.41) is 14.0. The highest BCUT2D eigenvalue weighted by atomic mass is 35.5.